The van der Waals surface area contributed by atoms with Crippen molar-refractivity contribution >= 4 is 33.8 Å². The molecule has 0 spiro atoms. The van der Waals surface area contributed by atoms with Crippen LogP contribution >= 0.6 is 11.3 Å². The van der Waals surface area contributed by atoms with Crippen molar-refractivity contribution in [3.05, 3.63) is 100 Å². The van der Waals surface area contributed by atoms with Crippen LogP contribution in [0.1, 0.15) is 21.6 Å². The van der Waals surface area contributed by atoms with Crippen molar-refractivity contribution < 1.29 is 9.90 Å². The number of amides is 1. The Hall–Kier alpha value is -3.64. The fraction of sp³-hybridized carbons (Fsp3) is 0.154. The van der Waals surface area contributed by atoms with E-state index in [2.05, 4.69) is 39.5 Å². The molecule has 3 aromatic carbocycles. The summed E-state index contributed by atoms with van der Waals surface area (Å²) in [5.74, 6) is -0.293. The van der Waals surface area contributed by atoms with Gasteiger partial charge in [-0.3, -0.25) is 4.79 Å². The summed E-state index contributed by atoms with van der Waals surface area (Å²) in [5.41, 5.74) is 5.13. The molecule has 4 rings (SSSR count). The fourth-order valence-electron chi connectivity index (χ4n) is 3.31. The first kappa shape index (κ1) is 21.6. The second kappa shape index (κ2) is 9.66. The Balaban J connectivity index is 1.56. The average Bonchev–Trinajstić information content (AvgIpc) is 3.15. The Morgan fingerprint density at radius 2 is 1.56 bits per heavy atom. The Kier molecular flexibility index (Phi) is 6.52. The topological polar surface area (TPSA) is 65.5 Å². The molecule has 2 N–H and O–H groups in total. The van der Waals surface area contributed by atoms with Crippen molar-refractivity contribution in [1.29, 1.82) is 0 Å². The lowest BCUT2D eigenvalue weighted by Crippen LogP contribution is -2.16. The van der Waals surface area contributed by atoms with Crippen molar-refractivity contribution in [3.63, 3.8) is 0 Å². The highest BCUT2D eigenvalue weighted by molar-refractivity contribution is 7.16. The van der Waals surface area contributed by atoms with Crippen LogP contribution in [0.4, 0.5) is 16.5 Å². The maximum absolute atomic E-state index is 12.5. The molecule has 0 saturated carbocycles. The van der Waals surface area contributed by atoms with Gasteiger partial charge in [0.1, 0.15) is 0 Å². The maximum Gasteiger partial charge on any atom is 0.229 e. The van der Waals surface area contributed by atoms with Crippen LogP contribution in [0.3, 0.4) is 0 Å². The van der Waals surface area contributed by atoms with Gasteiger partial charge < -0.3 is 15.3 Å². The summed E-state index contributed by atoms with van der Waals surface area (Å²) in [7, 11) is 0. The Bertz CT molecular complexity index is 1190. The second-order valence-electron chi connectivity index (χ2n) is 7.74. The highest BCUT2D eigenvalue weighted by Crippen LogP contribution is 2.36. The highest BCUT2D eigenvalue weighted by Gasteiger charge is 2.20. The zero-order chi connectivity index (χ0) is 22.5. The van der Waals surface area contributed by atoms with Crippen LogP contribution < -0.4 is 10.2 Å². The molecule has 0 bridgehead atoms. The van der Waals surface area contributed by atoms with Gasteiger partial charge in [0.2, 0.25) is 11.8 Å². The second-order valence-corrected chi connectivity index (χ2v) is 8.80. The van der Waals surface area contributed by atoms with Crippen LogP contribution in [-0.4, -0.2) is 16.0 Å². The van der Waals surface area contributed by atoms with E-state index in [-0.39, 0.29) is 18.2 Å². The van der Waals surface area contributed by atoms with E-state index >= 15 is 0 Å². The summed E-state index contributed by atoms with van der Waals surface area (Å²) in [6.07, 6.45) is 0.0600. The first-order valence-electron chi connectivity index (χ1n) is 10.4. The number of carbonyl (C=O) groups is 1. The summed E-state index contributed by atoms with van der Waals surface area (Å²) >= 11 is 1.33. The standard InChI is InChI=1S/C26H25N3O2S/c1-18-8-12-21(13-9-18)27-24(30)16-23-25(31)28-26(32-23)29(17-20-6-4-3-5-7-20)22-14-10-19(2)11-15-22/h3-15,31H,16-17H2,1-2H3,(H,27,30). The minimum atomic E-state index is -0.190. The molecule has 0 atom stereocenters. The molecule has 1 amide bonds. The molecule has 0 radical (unpaired) electrons. The lowest BCUT2D eigenvalue weighted by atomic mass is 10.2. The van der Waals surface area contributed by atoms with E-state index in [1.165, 1.54) is 16.9 Å². The first-order chi connectivity index (χ1) is 15.5. The summed E-state index contributed by atoms with van der Waals surface area (Å²) in [6.45, 7) is 4.65. The number of aromatic nitrogens is 1. The number of nitrogens with one attached hydrogen (secondary N) is 1. The molecule has 1 aromatic heterocycles. The number of anilines is 3. The fourth-order valence-corrected chi connectivity index (χ4v) is 4.28. The zero-order valence-corrected chi connectivity index (χ0v) is 18.9. The van der Waals surface area contributed by atoms with Gasteiger partial charge in [-0.25, -0.2) is 0 Å². The number of hydrogen-bond donors (Lipinski definition) is 2. The van der Waals surface area contributed by atoms with Crippen LogP contribution in [0, 0.1) is 13.8 Å². The van der Waals surface area contributed by atoms with Gasteiger partial charge in [0.05, 0.1) is 17.8 Å². The van der Waals surface area contributed by atoms with E-state index in [1.807, 2.05) is 68.4 Å². The number of aryl methyl sites for hydroxylation is 2. The number of nitrogens with zero attached hydrogens (tertiary/aromatic N) is 2. The van der Waals surface area contributed by atoms with Gasteiger partial charge in [-0.05, 0) is 43.7 Å². The third-order valence-corrected chi connectivity index (χ3v) is 6.15. The molecule has 0 fully saturated rings. The van der Waals surface area contributed by atoms with Crippen LogP contribution in [0.2, 0.25) is 0 Å². The van der Waals surface area contributed by atoms with Gasteiger partial charge >= 0.3 is 0 Å². The van der Waals surface area contributed by atoms with Crippen molar-refractivity contribution in [2.24, 2.45) is 0 Å². The average molecular weight is 444 g/mol. The minimum Gasteiger partial charge on any atom is -0.492 e. The maximum atomic E-state index is 12.5. The molecule has 4 aromatic rings. The number of benzene rings is 3. The van der Waals surface area contributed by atoms with Crippen LogP contribution in [-0.2, 0) is 17.8 Å². The molecule has 0 aliphatic rings. The van der Waals surface area contributed by atoms with E-state index in [0.29, 0.717) is 16.6 Å². The molecular formula is C26H25N3O2S. The minimum absolute atomic E-state index is 0.0600. The van der Waals surface area contributed by atoms with Gasteiger partial charge in [-0.2, -0.15) is 4.98 Å². The molecule has 0 aliphatic carbocycles. The number of aromatic hydroxyl groups is 1. The number of thiazole rings is 1. The molecule has 0 unspecified atom stereocenters. The molecule has 5 nitrogen and oxygen atoms in total. The van der Waals surface area contributed by atoms with Crippen molar-refractivity contribution in [2.75, 3.05) is 10.2 Å². The van der Waals surface area contributed by atoms with E-state index in [0.717, 1.165) is 22.5 Å². The van der Waals surface area contributed by atoms with Crippen LogP contribution in [0.25, 0.3) is 0 Å². The molecule has 1 heterocycles. The third-order valence-electron chi connectivity index (χ3n) is 5.08. The van der Waals surface area contributed by atoms with Crippen LogP contribution in [0.5, 0.6) is 5.88 Å². The summed E-state index contributed by atoms with van der Waals surface area (Å²) in [6, 6.07) is 25.9. The number of carbonyl (C=O) groups excluding carboxylic acids is 1. The summed E-state index contributed by atoms with van der Waals surface area (Å²) in [4.78, 5) is 19.5. The molecule has 6 heteroatoms. The molecule has 162 valence electrons. The van der Waals surface area contributed by atoms with Gasteiger partial charge in [-0.15, -0.1) is 0 Å². The van der Waals surface area contributed by atoms with Crippen molar-refractivity contribution in [2.45, 2.75) is 26.8 Å². The third kappa shape index (κ3) is 5.34. The van der Waals surface area contributed by atoms with E-state index < -0.39 is 0 Å². The normalized spacial score (nSPS) is 10.7. The van der Waals surface area contributed by atoms with Gasteiger partial charge in [0, 0.05) is 11.4 Å². The zero-order valence-electron chi connectivity index (χ0n) is 18.1. The molecule has 32 heavy (non-hydrogen) atoms. The van der Waals surface area contributed by atoms with Crippen molar-refractivity contribution in [1.82, 2.24) is 4.98 Å². The predicted octanol–water partition coefficient (Wildman–Crippen LogP) is 5.99. The lowest BCUT2D eigenvalue weighted by molar-refractivity contribution is -0.115. The predicted molar refractivity (Wildman–Crippen MR) is 131 cm³/mol. The number of hydrogen-bond acceptors (Lipinski definition) is 5. The van der Waals surface area contributed by atoms with Gasteiger partial charge in [0.15, 0.2) is 5.13 Å². The van der Waals surface area contributed by atoms with Crippen molar-refractivity contribution in [3.8, 4) is 5.88 Å². The Morgan fingerprint density at radius 1 is 0.938 bits per heavy atom. The quantitative estimate of drug-likeness (QED) is 0.368. The Labute approximate surface area is 192 Å². The highest BCUT2D eigenvalue weighted by atomic mass is 32.1. The molecular weight excluding hydrogens is 418 g/mol. The van der Waals surface area contributed by atoms with Gasteiger partial charge in [-0.1, -0.05) is 77.1 Å². The largest absolute Gasteiger partial charge is 0.492 e. The monoisotopic (exact) mass is 443 g/mol. The van der Waals surface area contributed by atoms with E-state index in [1.54, 1.807) is 0 Å². The van der Waals surface area contributed by atoms with Crippen LogP contribution in [0.15, 0.2) is 78.9 Å². The first-order valence-corrected chi connectivity index (χ1v) is 11.2. The van der Waals surface area contributed by atoms with E-state index in [4.69, 9.17) is 0 Å². The molecule has 0 saturated heterocycles. The van der Waals surface area contributed by atoms with Gasteiger partial charge in [0.25, 0.3) is 0 Å². The Morgan fingerprint density at radius 3 is 2.22 bits per heavy atom. The lowest BCUT2D eigenvalue weighted by Gasteiger charge is -2.22. The number of rotatable bonds is 7. The SMILES string of the molecule is Cc1ccc(NC(=O)Cc2sc(N(Cc3ccccc3)c3ccc(C)cc3)nc2O)cc1. The molecule has 0 aliphatic heterocycles. The summed E-state index contributed by atoms with van der Waals surface area (Å²) in [5, 5.41) is 14.0. The van der Waals surface area contributed by atoms with E-state index in [9.17, 15) is 9.90 Å². The summed E-state index contributed by atoms with van der Waals surface area (Å²) < 4.78 is 0. The smallest absolute Gasteiger partial charge is 0.229 e.